The van der Waals surface area contributed by atoms with Crippen molar-refractivity contribution in [2.75, 3.05) is 30.0 Å². The average molecular weight is 453 g/mol. The third-order valence-corrected chi connectivity index (χ3v) is 5.29. The van der Waals surface area contributed by atoms with Crippen LogP contribution in [0.1, 0.15) is 41.3 Å². The molecule has 174 valence electrons. The summed E-state index contributed by atoms with van der Waals surface area (Å²) in [5.41, 5.74) is 3.67. The van der Waals surface area contributed by atoms with Gasteiger partial charge >= 0.3 is 11.9 Å². The summed E-state index contributed by atoms with van der Waals surface area (Å²) < 4.78 is 10.2. The van der Waals surface area contributed by atoms with Crippen LogP contribution < -0.4 is 10.2 Å². The van der Waals surface area contributed by atoms with Gasteiger partial charge in [-0.1, -0.05) is 24.6 Å². The Morgan fingerprint density at radius 3 is 2.45 bits per heavy atom. The van der Waals surface area contributed by atoms with Crippen molar-refractivity contribution in [1.29, 1.82) is 0 Å². The summed E-state index contributed by atoms with van der Waals surface area (Å²) in [6.45, 7) is 5.91. The zero-order valence-corrected chi connectivity index (χ0v) is 19.1. The second-order valence-corrected chi connectivity index (χ2v) is 8.06. The molecule has 1 aliphatic heterocycles. The number of carbonyl (C=O) groups excluding carboxylic acids is 4. The predicted molar refractivity (Wildman–Crippen MR) is 123 cm³/mol. The van der Waals surface area contributed by atoms with Gasteiger partial charge in [-0.2, -0.15) is 0 Å². The summed E-state index contributed by atoms with van der Waals surface area (Å²) in [7, 11) is 0. The van der Waals surface area contributed by atoms with Gasteiger partial charge in [0.2, 0.25) is 5.91 Å². The molecule has 3 rings (SSSR count). The molecule has 2 amide bonds. The van der Waals surface area contributed by atoms with Crippen molar-refractivity contribution in [2.24, 2.45) is 5.92 Å². The molecule has 33 heavy (non-hydrogen) atoms. The lowest BCUT2D eigenvalue weighted by molar-refractivity contribution is -0.151. The molecule has 0 saturated carbocycles. The van der Waals surface area contributed by atoms with Crippen LogP contribution in [0, 0.1) is 19.8 Å². The third kappa shape index (κ3) is 6.19. The number of rotatable bonds is 8. The lowest BCUT2D eigenvalue weighted by atomic mass is 10.1. The predicted octanol–water partition coefficient (Wildman–Crippen LogP) is 3.41. The first-order valence-corrected chi connectivity index (χ1v) is 10.9. The lowest BCUT2D eigenvalue weighted by Gasteiger charge is -2.19. The quantitative estimate of drug-likeness (QED) is 0.616. The smallest absolute Gasteiger partial charge is 0.338 e. The molecule has 1 atom stereocenters. The van der Waals surface area contributed by atoms with Crippen LogP contribution in [0.4, 0.5) is 11.4 Å². The van der Waals surface area contributed by atoms with Gasteiger partial charge in [0, 0.05) is 24.3 Å². The maximum Gasteiger partial charge on any atom is 0.338 e. The van der Waals surface area contributed by atoms with Gasteiger partial charge < -0.3 is 19.7 Å². The molecule has 0 bridgehead atoms. The molecule has 1 fully saturated rings. The van der Waals surface area contributed by atoms with Crippen LogP contribution in [0.15, 0.2) is 42.5 Å². The highest BCUT2D eigenvalue weighted by atomic mass is 16.5. The van der Waals surface area contributed by atoms with E-state index in [0.29, 0.717) is 17.9 Å². The van der Waals surface area contributed by atoms with E-state index in [4.69, 9.17) is 9.47 Å². The van der Waals surface area contributed by atoms with E-state index >= 15 is 0 Å². The molecular weight excluding hydrogens is 424 g/mol. The van der Waals surface area contributed by atoms with E-state index in [1.54, 1.807) is 29.2 Å². The summed E-state index contributed by atoms with van der Waals surface area (Å²) in [4.78, 5) is 50.5. The molecular formula is C25H28N2O6. The number of ether oxygens (including phenoxy) is 2. The SMILES string of the molecule is CCCOC(=O)c1ccc(NC(=O)COC(=O)[C@H]2CC(=O)N(c3ccc(C)cc3C)C2)cc1. The zero-order valence-electron chi connectivity index (χ0n) is 19.1. The molecule has 0 aliphatic carbocycles. The largest absolute Gasteiger partial charge is 0.462 e. The molecule has 0 radical (unpaired) electrons. The minimum atomic E-state index is -0.626. The number of carbonyl (C=O) groups is 4. The number of nitrogens with one attached hydrogen (secondary N) is 1. The molecule has 1 N–H and O–H groups in total. The summed E-state index contributed by atoms with van der Waals surface area (Å²) in [6, 6.07) is 12.0. The van der Waals surface area contributed by atoms with Crippen LogP contribution in [0.3, 0.4) is 0 Å². The summed E-state index contributed by atoms with van der Waals surface area (Å²) in [6.07, 6.45) is 0.778. The van der Waals surface area contributed by atoms with Crippen LogP contribution >= 0.6 is 0 Å². The number of esters is 2. The number of aryl methyl sites for hydroxylation is 2. The van der Waals surface area contributed by atoms with E-state index in [-0.39, 0.29) is 18.9 Å². The summed E-state index contributed by atoms with van der Waals surface area (Å²) in [5.74, 6) is -2.30. The first kappa shape index (κ1) is 24.0. The highest BCUT2D eigenvalue weighted by Crippen LogP contribution is 2.29. The molecule has 0 unspecified atom stereocenters. The van der Waals surface area contributed by atoms with Gasteiger partial charge in [-0.05, 0) is 56.2 Å². The van der Waals surface area contributed by atoms with Crippen LogP contribution in [-0.4, -0.2) is 43.5 Å². The minimum absolute atomic E-state index is 0.0450. The first-order valence-electron chi connectivity index (χ1n) is 10.9. The van der Waals surface area contributed by atoms with E-state index < -0.39 is 30.4 Å². The zero-order chi connectivity index (χ0) is 24.0. The maximum atomic E-state index is 12.4. The third-order valence-electron chi connectivity index (χ3n) is 5.29. The van der Waals surface area contributed by atoms with E-state index in [0.717, 1.165) is 23.2 Å². The molecule has 2 aromatic carbocycles. The van der Waals surface area contributed by atoms with E-state index in [2.05, 4.69) is 5.32 Å². The molecule has 1 saturated heterocycles. The van der Waals surface area contributed by atoms with Gasteiger partial charge in [-0.25, -0.2) is 4.79 Å². The van der Waals surface area contributed by atoms with Crippen LogP contribution in [0.5, 0.6) is 0 Å². The highest BCUT2D eigenvalue weighted by molar-refractivity contribution is 6.00. The summed E-state index contributed by atoms with van der Waals surface area (Å²) in [5, 5.41) is 2.61. The number of amides is 2. The van der Waals surface area contributed by atoms with Crippen molar-refractivity contribution in [1.82, 2.24) is 0 Å². The Labute approximate surface area is 192 Å². The van der Waals surface area contributed by atoms with Crippen molar-refractivity contribution in [3.05, 3.63) is 59.2 Å². The average Bonchev–Trinajstić information content (AvgIpc) is 3.17. The Balaban J connectivity index is 1.49. The number of hydrogen-bond donors (Lipinski definition) is 1. The molecule has 1 aliphatic rings. The molecule has 2 aromatic rings. The fourth-order valence-corrected chi connectivity index (χ4v) is 3.63. The fourth-order valence-electron chi connectivity index (χ4n) is 3.63. The Kier molecular flexibility index (Phi) is 7.82. The fraction of sp³-hybridized carbons (Fsp3) is 0.360. The standard InChI is InChI=1S/C25H28N2O6/c1-4-11-32-24(30)18-6-8-20(9-7-18)26-22(28)15-33-25(31)19-13-23(29)27(14-19)21-10-5-16(2)12-17(21)3/h5-10,12,19H,4,11,13-15H2,1-3H3,(H,26,28)/t19-/m0/s1. The molecule has 0 spiro atoms. The van der Waals surface area contributed by atoms with Crippen molar-refractivity contribution < 1.29 is 28.7 Å². The van der Waals surface area contributed by atoms with Crippen molar-refractivity contribution in [2.45, 2.75) is 33.6 Å². The summed E-state index contributed by atoms with van der Waals surface area (Å²) >= 11 is 0. The van der Waals surface area contributed by atoms with E-state index in [1.807, 2.05) is 39.0 Å². The van der Waals surface area contributed by atoms with Crippen molar-refractivity contribution in [3.8, 4) is 0 Å². The number of benzene rings is 2. The number of anilines is 2. The Hall–Kier alpha value is -3.68. The van der Waals surface area contributed by atoms with Crippen molar-refractivity contribution >= 4 is 35.1 Å². The minimum Gasteiger partial charge on any atom is -0.462 e. The van der Waals surface area contributed by atoms with Crippen LogP contribution in [0.25, 0.3) is 0 Å². The number of hydrogen-bond acceptors (Lipinski definition) is 6. The lowest BCUT2D eigenvalue weighted by Crippen LogP contribution is -2.28. The Morgan fingerprint density at radius 1 is 1.06 bits per heavy atom. The van der Waals surface area contributed by atoms with Crippen molar-refractivity contribution in [3.63, 3.8) is 0 Å². The van der Waals surface area contributed by atoms with Gasteiger partial charge in [-0.3, -0.25) is 14.4 Å². The molecule has 1 heterocycles. The number of nitrogens with zero attached hydrogens (tertiary/aromatic N) is 1. The van der Waals surface area contributed by atoms with Gasteiger partial charge in [-0.15, -0.1) is 0 Å². The van der Waals surface area contributed by atoms with E-state index in [1.165, 1.54) is 0 Å². The second-order valence-electron chi connectivity index (χ2n) is 8.06. The highest BCUT2D eigenvalue weighted by Gasteiger charge is 2.36. The second kappa shape index (κ2) is 10.8. The molecule has 8 heteroatoms. The van der Waals surface area contributed by atoms with Crippen LogP contribution in [-0.2, 0) is 23.9 Å². The van der Waals surface area contributed by atoms with E-state index in [9.17, 15) is 19.2 Å². The molecule has 0 aromatic heterocycles. The van der Waals surface area contributed by atoms with Crippen LogP contribution in [0.2, 0.25) is 0 Å². The monoisotopic (exact) mass is 452 g/mol. The van der Waals surface area contributed by atoms with Gasteiger partial charge in [0.05, 0.1) is 18.1 Å². The van der Waals surface area contributed by atoms with Gasteiger partial charge in [0.25, 0.3) is 5.91 Å². The maximum absolute atomic E-state index is 12.4. The Bertz CT molecular complexity index is 1050. The Morgan fingerprint density at radius 2 is 1.79 bits per heavy atom. The first-order chi connectivity index (χ1) is 15.8. The van der Waals surface area contributed by atoms with Gasteiger partial charge in [0.1, 0.15) is 0 Å². The topological polar surface area (TPSA) is 102 Å². The van der Waals surface area contributed by atoms with Gasteiger partial charge in [0.15, 0.2) is 6.61 Å². The molecule has 8 nitrogen and oxygen atoms in total. The normalized spacial score (nSPS) is 15.3.